The number of halogens is 1. The van der Waals surface area contributed by atoms with Gasteiger partial charge < -0.3 is 0 Å². The van der Waals surface area contributed by atoms with E-state index < -0.39 is 0 Å². The van der Waals surface area contributed by atoms with Gasteiger partial charge in [0, 0.05) is 15.8 Å². The lowest BCUT2D eigenvalue weighted by atomic mass is 10.2. The topological polar surface area (TPSA) is 23.8 Å². The molecule has 0 unspecified atom stereocenters. The van der Waals surface area contributed by atoms with Gasteiger partial charge in [-0.3, -0.25) is 0 Å². The molecule has 3 heteroatoms. The van der Waals surface area contributed by atoms with Crippen molar-refractivity contribution in [2.24, 2.45) is 0 Å². The Labute approximate surface area is 78.8 Å². The molecule has 1 rings (SSSR count). The first kappa shape index (κ1) is 8.76. The maximum atomic E-state index is 8.36. The molecule has 0 atom stereocenters. The fourth-order valence-corrected chi connectivity index (χ4v) is 2.49. The Hall–Kier alpha value is -0.330. The van der Waals surface area contributed by atoms with Crippen molar-refractivity contribution in [1.29, 1.82) is 5.26 Å². The molecule has 1 aromatic rings. The van der Waals surface area contributed by atoms with E-state index in [2.05, 4.69) is 34.3 Å². The van der Waals surface area contributed by atoms with Crippen LogP contribution in [0.3, 0.4) is 0 Å². The van der Waals surface area contributed by atoms with Crippen molar-refractivity contribution < 1.29 is 0 Å². The van der Waals surface area contributed by atoms with Crippen LogP contribution in [0, 0.1) is 18.3 Å². The first-order chi connectivity index (χ1) is 5.25. The Morgan fingerprint density at radius 3 is 2.91 bits per heavy atom. The predicted octanol–water partition coefficient (Wildman–Crippen LogP) is 3.28. The number of nitrogens with zero attached hydrogens (tertiary/aromatic N) is 1. The number of thiophene rings is 1. The van der Waals surface area contributed by atoms with E-state index in [1.54, 1.807) is 11.3 Å². The van der Waals surface area contributed by atoms with E-state index in [-0.39, 0.29) is 0 Å². The molecule has 1 heterocycles. The van der Waals surface area contributed by atoms with Crippen molar-refractivity contribution in [1.82, 2.24) is 0 Å². The molecule has 0 saturated heterocycles. The molecule has 0 aliphatic rings. The van der Waals surface area contributed by atoms with Crippen molar-refractivity contribution in [3.8, 4) is 6.07 Å². The summed E-state index contributed by atoms with van der Waals surface area (Å²) in [4.78, 5) is 1.28. The standard InChI is InChI=1S/C8H8BrNS/c1-6-5-11-7(8(6)9)3-2-4-10/h5H,2-3H2,1H3. The van der Waals surface area contributed by atoms with Crippen molar-refractivity contribution in [3.63, 3.8) is 0 Å². The molecule has 0 amide bonds. The summed E-state index contributed by atoms with van der Waals surface area (Å²) >= 11 is 5.20. The molecular weight excluding hydrogens is 222 g/mol. The Morgan fingerprint density at radius 2 is 2.45 bits per heavy atom. The number of hydrogen-bond acceptors (Lipinski definition) is 2. The van der Waals surface area contributed by atoms with Gasteiger partial charge in [0.05, 0.1) is 6.07 Å². The lowest BCUT2D eigenvalue weighted by Crippen LogP contribution is -1.78. The molecule has 58 valence electrons. The van der Waals surface area contributed by atoms with Crippen LogP contribution in [0.5, 0.6) is 0 Å². The molecule has 0 aliphatic heterocycles. The van der Waals surface area contributed by atoms with Crippen LogP contribution in [0.25, 0.3) is 0 Å². The molecule has 0 N–H and O–H groups in total. The highest BCUT2D eigenvalue weighted by Crippen LogP contribution is 2.28. The Morgan fingerprint density at radius 1 is 1.73 bits per heavy atom. The summed E-state index contributed by atoms with van der Waals surface area (Å²) in [5.74, 6) is 0. The van der Waals surface area contributed by atoms with E-state index >= 15 is 0 Å². The molecule has 11 heavy (non-hydrogen) atoms. The third-order valence-corrected chi connectivity index (χ3v) is 3.96. The smallest absolute Gasteiger partial charge is 0.0625 e. The average Bonchev–Trinajstić information content (AvgIpc) is 2.31. The van der Waals surface area contributed by atoms with Gasteiger partial charge in [-0.15, -0.1) is 11.3 Å². The molecule has 0 aromatic carbocycles. The number of rotatable bonds is 2. The molecule has 0 spiro atoms. The summed E-state index contributed by atoms with van der Waals surface area (Å²) in [5, 5.41) is 10.5. The van der Waals surface area contributed by atoms with Gasteiger partial charge in [-0.1, -0.05) is 0 Å². The fourth-order valence-electron chi connectivity index (χ4n) is 0.821. The summed E-state index contributed by atoms with van der Waals surface area (Å²) in [6.07, 6.45) is 1.48. The average molecular weight is 230 g/mol. The molecule has 0 radical (unpaired) electrons. The van der Waals surface area contributed by atoms with Gasteiger partial charge in [0.1, 0.15) is 0 Å². The second kappa shape index (κ2) is 3.89. The zero-order valence-corrected chi connectivity index (χ0v) is 8.63. The third kappa shape index (κ3) is 2.05. The van der Waals surface area contributed by atoms with Gasteiger partial charge in [-0.25, -0.2) is 0 Å². The van der Waals surface area contributed by atoms with E-state index in [0.717, 1.165) is 6.42 Å². The van der Waals surface area contributed by atoms with Gasteiger partial charge in [0.25, 0.3) is 0 Å². The van der Waals surface area contributed by atoms with E-state index in [9.17, 15) is 0 Å². The summed E-state index contributed by atoms with van der Waals surface area (Å²) in [6.45, 7) is 2.07. The SMILES string of the molecule is Cc1csc(CCC#N)c1Br. The maximum Gasteiger partial charge on any atom is 0.0625 e. The Balaban J connectivity index is 2.72. The molecular formula is C8H8BrNS. The summed E-state index contributed by atoms with van der Waals surface area (Å²) in [7, 11) is 0. The van der Waals surface area contributed by atoms with E-state index in [0.29, 0.717) is 6.42 Å². The van der Waals surface area contributed by atoms with Gasteiger partial charge in [-0.2, -0.15) is 5.26 Å². The van der Waals surface area contributed by atoms with Gasteiger partial charge in [-0.05, 0) is 40.2 Å². The lowest BCUT2D eigenvalue weighted by Gasteiger charge is -1.92. The predicted molar refractivity (Wildman–Crippen MR) is 50.7 cm³/mol. The van der Waals surface area contributed by atoms with Gasteiger partial charge >= 0.3 is 0 Å². The summed E-state index contributed by atoms with van der Waals surface area (Å²) < 4.78 is 1.18. The van der Waals surface area contributed by atoms with Crippen LogP contribution in [-0.4, -0.2) is 0 Å². The third-order valence-electron chi connectivity index (χ3n) is 1.43. The summed E-state index contributed by atoms with van der Waals surface area (Å²) in [5.41, 5.74) is 1.27. The molecule has 0 aliphatic carbocycles. The highest BCUT2D eigenvalue weighted by Gasteiger charge is 2.03. The normalized spacial score (nSPS) is 9.55. The number of aryl methyl sites for hydroxylation is 2. The minimum absolute atomic E-state index is 0.610. The van der Waals surface area contributed by atoms with Crippen LogP contribution in [0.2, 0.25) is 0 Å². The van der Waals surface area contributed by atoms with Gasteiger partial charge in [0.2, 0.25) is 0 Å². The van der Waals surface area contributed by atoms with E-state index in [1.165, 1.54) is 14.9 Å². The quantitative estimate of drug-likeness (QED) is 0.764. The molecule has 0 fully saturated rings. The summed E-state index contributed by atoms with van der Waals surface area (Å²) in [6, 6.07) is 2.14. The fraction of sp³-hybridized carbons (Fsp3) is 0.375. The molecule has 0 saturated carbocycles. The van der Waals surface area contributed by atoms with Gasteiger partial charge in [0.15, 0.2) is 0 Å². The van der Waals surface area contributed by atoms with Crippen LogP contribution < -0.4 is 0 Å². The molecule has 1 aromatic heterocycles. The monoisotopic (exact) mass is 229 g/mol. The van der Waals surface area contributed by atoms with Crippen LogP contribution in [-0.2, 0) is 6.42 Å². The Kier molecular flexibility index (Phi) is 3.10. The maximum absolute atomic E-state index is 8.36. The van der Waals surface area contributed by atoms with Crippen LogP contribution in [0.1, 0.15) is 16.9 Å². The lowest BCUT2D eigenvalue weighted by molar-refractivity contribution is 1.03. The first-order valence-corrected chi connectivity index (χ1v) is 5.02. The van der Waals surface area contributed by atoms with E-state index in [1.807, 2.05) is 0 Å². The molecule has 1 nitrogen and oxygen atoms in total. The van der Waals surface area contributed by atoms with Crippen molar-refractivity contribution in [2.75, 3.05) is 0 Å². The largest absolute Gasteiger partial charge is 0.198 e. The van der Waals surface area contributed by atoms with Crippen molar-refractivity contribution in [3.05, 3.63) is 20.3 Å². The minimum Gasteiger partial charge on any atom is -0.198 e. The number of nitriles is 1. The minimum atomic E-state index is 0.610. The van der Waals surface area contributed by atoms with Crippen LogP contribution in [0.15, 0.2) is 9.85 Å². The second-order valence-electron chi connectivity index (χ2n) is 2.31. The van der Waals surface area contributed by atoms with Crippen molar-refractivity contribution in [2.45, 2.75) is 19.8 Å². The van der Waals surface area contributed by atoms with Crippen molar-refractivity contribution >= 4 is 27.3 Å². The Bertz CT molecular complexity index is 285. The zero-order chi connectivity index (χ0) is 8.27. The highest BCUT2D eigenvalue weighted by atomic mass is 79.9. The highest BCUT2D eigenvalue weighted by molar-refractivity contribution is 9.10. The first-order valence-electron chi connectivity index (χ1n) is 3.35. The van der Waals surface area contributed by atoms with E-state index in [4.69, 9.17) is 5.26 Å². The number of hydrogen-bond donors (Lipinski definition) is 0. The van der Waals surface area contributed by atoms with Crippen LogP contribution >= 0.6 is 27.3 Å². The zero-order valence-electron chi connectivity index (χ0n) is 6.22. The second-order valence-corrected chi connectivity index (χ2v) is 4.07. The van der Waals surface area contributed by atoms with Crippen LogP contribution in [0.4, 0.5) is 0 Å². The molecule has 0 bridgehead atoms.